The Labute approximate surface area is 222 Å². The normalized spacial score (nSPS) is 15.9. The van der Waals surface area contributed by atoms with Gasteiger partial charge in [0.05, 0.1) is 25.9 Å². The minimum atomic E-state index is -4.14. The number of morpholine rings is 1. The third-order valence-electron chi connectivity index (χ3n) is 6.56. The number of sulfonamides is 1. The van der Waals surface area contributed by atoms with Crippen LogP contribution in [0.15, 0.2) is 53.4 Å². The summed E-state index contributed by atoms with van der Waals surface area (Å²) in [5.74, 6) is 0. The van der Waals surface area contributed by atoms with E-state index in [1.807, 2.05) is 16.7 Å². The smallest absolute Gasteiger partial charge is 0.250 e. The molecule has 1 atom stereocenters. The molecule has 0 spiro atoms. The molecule has 1 aromatic heterocycles. The van der Waals surface area contributed by atoms with E-state index < -0.39 is 34.2 Å². The van der Waals surface area contributed by atoms with Crippen molar-refractivity contribution in [1.29, 1.82) is 5.26 Å². The number of nitriles is 1. The highest BCUT2D eigenvalue weighted by Crippen LogP contribution is 2.28. The largest absolute Gasteiger partial charge is 0.394 e. The van der Waals surface area contributed by atoms with E-state index in [1.54, 1.807) is 19.2 Å². The van der Waals surface area contributed by atoms with Crippen LogP contribution in [-0.2, 0) is 21.8 Å². The van der Waals surface area contributed by atoms with Gasteiger partial charge in [-0.15, -0.1) is 0 Å². The van der Waals surface area contributed by atoms with Gasteiger partial charge in [-0.1, -0.05) is 18.2 Å². The number of nitrogens with zero attached hydrogens (tertiary/aromatic N) is 3. The van der Waals surface area contributed by atoms with Crippen molar-refractivity contribution in [3.05, 3.63) is 59.1 Å². The minimum absolute atomic E-state index is 0.390. The molecule has 0 saturated carbocycles. The van der Waals surface area contributed by atoms with Crippen LogP contribution in [0.2, 0.25) is 0 Å². The molecule has 2 heterocycles. The zero-order valence-corrected chi connectivity index (χ0v) is 22.1. The zero-order chi connectivity index (χ0) is 27.1. The number of fused-ring (bicyclic) bond motifs is 1. The Morgan fingerprint density at radius 1 is 1.16 bits per heavy atom. The molecule has 202 valence electrons. The molecule has 38 heavy (non-hydrogen) atoms. The SMILES string of the molecule is Cn1c(C=C(C#N)S(=O)(=O)NCC(O)CO)ccc1-c1ccc2cc(NCCN3CCOCC3)ccc2c1. The Balaban J connectivity index is 1.48. The summed E-state index contributed by atoms with van der Waals surface area (Å²) in [6, 6.07) is 17.8. The Hall–Kier alpha value is -3.24. The van der Waals surface area contributed by atoms with Crippen molar-refractivity contribution < 1.29 is 23.4 Å². The summed E-state index contributed by atoms with van der Waals surface area (Å²) in [4.78, 5) is 1.91. The molecule has 1 unspecified atom stereocenters. The van der Waals surface area contributed by atoms with Gasteiger partial charge in [-0.2, -0.15) is 5.26 Å². The summed E-state index contributed by atoms with van der Waals surface area (Å²) in [5, 5.41) is 33.4. The van der Waals surface area contributed by atoms with E-state index in [2.05, 4.69) is 45.3 Å². The number of benzene rings is 2. The number of ether oxygens (including phenoxy) is 1. The monoisotopic (exact) mass is 539 g/mol. The summed E-state index contributed by atoms with van der Waals surface area (Å²) in [7, 11) is -2.34. The van der Waals surface area contributed by atoms with Crippen LogP contribution in [0.5, 0.6) is 0 Å². The number of hydrogen-bond acceptors (Lipinski definition) is 8. The summed E-state index contributed by atoms with van der Waals surface area (Å²) >= 11 is 0. The van der Waals surface area contributed by atoms with Crippen LogP contribution in [0, 0.1) is 11.3 Å². The van der Waals surface area contributed by atoms with Crippen LogP contribution in [0.4, 0.5) is 5.69 Å². The van der Waals surface area contributed by atoms with Gasteiger partial charge in [0.2, 0.25) is 0 Å². The molecule has 11 heteroatoms. The van der Waals surface area contributed by atoms with E-state index in [0.717, 1.165) is 67.1 Å². The molecule has 1 aliphatic heterocycles. The predicted octanol–water partition coefficient (Wildman–Crippen LogP) is 1.73. The second-order valence-electron chi connectivity index (χ2n) is 9.17. The number of nitrogens with one attached hydrogen (secondary N) is 2. The second-order valence-corrected chi connectivity index (χ2v) is 10.9. The van der Waals surface area contributed by atoms with Gasteiger partial charge in [-0.25, -0.2) is 13.1 Å². The first-order valence-corrected chi connectivity index (χ1v) is 13.9. The lowest BCUT2D eigenvalue weighted by Crippen LogP contribution is -2.38. The number of anilines is 1. The quantitative estimate of drug-likeness (QED) is 0.270. The molecule has 10 nitrogen and oxygen atoms in total. The standard InChI is InChI=1S/C27H33N5O5S/c1-31-24(16-26(17-28)38(35,36)30-18-25(34)19-33)6-7-27(31)22-3-2-21-15-23(5-4-20(21)14-22)29-8-9-32-10-12-37-13-11-32/h2-7,14-16,25,29-30,33-34H,8-13,18-19H2,1H3. The molecule has 4 N–H and O–H groups in total. The van der Waals surface area contributed by atoms with Crippen molar-refractivity contribution >= 4 is 32.6 Å². The fourth-order valence-corrected chi connectivity index (χ4v) is 5.28. The van der Waals surface area contributed by atoms with Crippen molar-refractivity contribution in [2.45, 2.75) is 6.10 Å². The molecule has 1 aliphatic rings. The fraction of sp³-hybridized carbons (Fsp3) is 0.370. The van der Waals surface area contributed by atoms with Crippen LogP contribution in [0.3, 0.4) is 0 Å². The molecule has 0 aliphatic carbocycles. The van der Waals surface area contributed by atoms with Gasteiger partial charge in [0.15, 0.2) is 4.91 Å². The highest BCUT2D eigenvalue weighted by molar-refractivity contribution is 7.93. The van der Waals surface area contributed by atoms with Gasteiger partial charge in [-0.3, -0.25) is 4.90 Å². The summed E-state index contributed by atoms with van der Waals surface area (Å²) < 4.78 is 34.3. The summed E-state index contributed by atoms with van der Waals surface area (Å²) in [6.45, 7) is 4.39. The molecule has 0 radical (unpaired) electrons. The average molecular weight is 540 g/mol. The Bertz CT molecular complexity index is 1440. The lowest BCUT2D eigenvalue weighted by Gasteiger charge is -2.26. The first-order valence-electron chi connectivity index (χ1n) is 12.4. The Morgan fingerprint density at radius 3 is 2.63 bits per heavy atom. The Morgan fingerprint density at radius 2 is 1.89 bits per heavy atom. The van der Waals surface area contributed by atoms with E-state index in [1.165, 1.54) is 6.08 Å². The number of rotatable bonds is 11. The van der Waals surface area contributed by atoms with Gasteiger partial charge in [0.1, 0.15) is 6.07 Å². The van der Waals surface area contributed by atoms with Crippen LogP contribution in [-0.4, -0.2) is 86.7 Å². The van der Waals surface area contributed by atoms with Crippen LogP contribution in [0.1, 0.15) is 5.69 Å². The van der Waals surface area contributed by atoms with Gasteiger partial charge in [0, 0.05) is 56.8 Å². The van der Waals surface area contributed by atoms with Crippen LogP contribution < -0.4 is 10.0 Å². The molecule has 3 aromatic rings. The minimum Gasteiger partial charge on any atom is -0.394 e. The maximum Gasteiger partial charge on any atom is 0.250 e. The van der Waals surface area contributed by atoms with Crippen molar-refractivity contribution in [2.75, 3.05) is 57.9 Å². The molecule has 1 fully saturated rings. The van der Waals surface area contributed by atoms with Crippen LogP contribution >= 0.6 is 0 Å². The summed E-state index contributed by atoms with van der Waals surface area (Å²) in [6.07, 6.45) is 0.0359. The molecule has 1 saturated heterocycles. The van der Waals surface area contributed by atoms with Crippen molar-refractivity contribution in [3.63, 3.8) is 0 Å². The topological polar surface area (TPSA) is 140 Å². The van der Waals surface area contributed by atoms with Crippen molar-refractivity contribution in [2.24, 2.45) is 7.05 Å². The lowest BCUT2D eigenvalue weighted by atomic mass is 10.0. The number of aliphatic hydroxyl groups is 2. The highest BCUT2D eigenvalue weighted by atomic mass is 32.2. The molecule has 0 amide bonds. The molecule has 4 rings (SSSR count). The van der Waals surface area contributed by atoms with E-state index >= 15 is 0 Å². The maximum atomic E-state index is 12.5. The van der Waals surface area contributed by atoms with Gasteiger partial charge in [0.25, 0.3) is 10.0 Å². The zero-order valence-electron chi connectivity index (χ0n) is 21.3. The van der Waals surface area contributed by atoms with Gasteiger partial charge >= 0.3 is 0 Å². The molecular formula is C27H33N5O5S. The van der Waals surface area contributed by atoms with E-state index in [-0.39, 0.29) is 0 Å². The van der Waals surface area contributed by atoms with E-state index in [4.69, 9.17) is 9.84 Å². The Kier molecular flexibility index (Phi) is 9.17. The number of allylic oxidation sites excluding steroid dienone is 1. The van der Waals surface area contributed by atoms with Crippen molar-refractivity contribution in [1.82, 2.24) is 14.2 Å². The maximum absolute atomic E-state index is 12.5. The predicted molar refractivity (Wildman–Crippen MR) is 148 cm³/mol. The summed E-state index contributed by atoms with van der Waals surface area (Å²) in [5.41, 5.74) is 3.42. The number of aliphatic hydroxyl groups excluding tert-OH is 2. The van der Waals surface area contributed by atoms with Gasteiger partial charge < -0.3 is 24.8 Å². The number of aromatic nitrogens is 1. The first kappa shape index (κ1) is 27.8. The molecule has 0 bridgehead atoms. The average Bonchev–Trinajstić information content (AvgIpc) is 3.30. The van der Waals surface area contributed by atoms with E-state index in [9.17, 15) is 18.8 Å². The second kappa shape index (κ2) is 12.5. The fourth-order valence-electron chi connectivity index (χ4n) is 4.31. The van der Waals surface area contributed by atoms with E-state index in [0.29, 0.717) is 5.69 Å². The third-order valence-corrected chi connectivity index (χ3v) is 7.89. The lowest BCUT2D eigenvalue weighted by molar-refractivity contribution is 0.0398. The molecular weight excluding hydrogens is 506 g/mol. The molecule has 2 aromatic carbocycles. The van der Waals surface area contributed by atoms with Crippen LogP contribution in [0.25, 0.3) is 28.1 Å². The first-order chi connectivity index (χ1) is 18.3. The van der Waals surface area contributed by atoms with Crippen molar-refractivity contribution in [3.8, 4) is 17.3 Å². The highest BCUT2D eigenvalue weighted by Gasteiger charge is 2.20. The van der Waals surface area contributed by atoms with Gasteiger partial charge in [-0.05, 0) is 52.7 Å². The third kappa shape index (κ3) is 6.79. The number of hydrogen-bond donors (Lipinski definition) is 4.